The van der Waals surface area contributed by atoms with Gasteiger partial charge in [0.25, 0.3) is 0 Å². The highest BCUT2D eigenvalue weighted by atomic mass is 35.5. The van der Waals surface area contributed by atoms with E-state index in [-0.39, 0.29) is 18.3 Å². The van der Waals surface area contributed by atoms with Gasteiger partial charge in [0.2, 0.25) is 5.91 Å². The number of likely N-dealkylation sites (tertiary alicyclic amines) is 1. The maximum absolute atomic E-state index is 11.9. The van der Waals surface area contributed by atoms with Crippen LogP contribution in [0.15, 0.2) is 0 Å². The molecule has 1 amide bonds. The minimum Gasteiger partial charge on any atom is -0.383 e. The number of rotatable bonds is 3. The molecule has 0 spiro atoms. The van der Waals surface area contributed by atoms with Crippen LogP contribution in [0.1, 0.15) is 32.1 Å². The topological polar surface area (TPSA) is 55.6 Å². The molecule has 1 aliphatic rings. The van der Waals surface area contributed by atoms with Crippen molar-refractivity contribution in [1.82, 2.24) is 4.90 Å². The van der Waals surface area contributed by atoms with Gasteiger partial charge in [0.1, 0.15) is 6.04 Å². The Hall–Kier alpha value is -0.320. The quantitative estimate of drug-likeness (QED) is 0.818. The molecule has 2 N–H and O–H groups in total. The predicted molar refractivity (Wildman–Crippen MR) is 66.8 cm³/mol. The van der Waals surface area contributed by atoms with E-state index >= 15 is 0 Å². The van der Waals surface area contributed by atoms with Gasteiger partial charge < -0.3 is 15.4 Å². The maximum atomic E-state index is 11.9. The second-order valence-corrected chi connectivity index (χ2v) is 4.15. The summed E-state index contributed by atoms with van der Waals surface area (Å²) in [5.74, 6) is 0.0405. The highest BCUT2D eigenvalue weighted by Gasteiger charge is 2.20. The fourth-order valence-corrected chi connectivity index (χ4v) is 1.95. The summed E-state index contributed by atoms with van der Waals surface area (Å²) in [5.41, 5.74) is 5.73. The molecule has 0 aliphatic carbocycles. The molecule has 1 atom stereocenters. The lowest BCUT2D eigenvalue weighted by molar-refractivity contribution is -0.134. The minimum absolute atomic E-state index is 0. The number of carbonyl (C=O) groups excluding carboxylic acids is 1. The summed E-state index contributed by atoms with van der Waals surface area (Å²) < 4.78 is 4.90. The van der Waals surface area contributed by atoms with Crippen molar-refractivity contribution in [3.8, 4) is 0 Å². The van der Waals surface area contributed by atoms with Gasteiger partial charge in [0, 0.05) is 20.2 Å². The van der Waals surface area contributed by atoms with Crippen molar-refractivity contribution >= 4 is 18.3 Å². The SMILES string of the molecule is COCC(N)C(=O)N1CCCCCCC1.Cl. The largest absolute Gasteiger partial charge is 0.383 e. The smallest absolute Gasteiger partial charge is 0.241 e. The lowest BCUT2D eigenvalue weighted by atomic mass is 10.1. The molecule has 0 bridgehead atoms. The van der Waals surface area contributed by atoms with Gasteiger partial charge >= 0.3 is 0 Å². The minimum atomic E-state index is -0.491. The van der Waals surface area contributed by atoms with Crippen LogP contribution in [0.25, 0.3) is 0 Å². The normalized spacial score (nSPS) is 19.2. The number of nitrogens with zero attached hydrogens (tertiary/aromatic N) is 1. The molecule has 0 radical (unpaired) electrons. The van der Waals surface area contributed by atoms with Gasteiger partial charge in [-0.05, 0) is 12.8 Å². The highest BCUT2D eigenvalue weighted by Crippen LogP contribution is 2.11. The standard InChI is InChI=1S/C11H22N2O2.ClH/c1-15-9-10(12)11(14)13-7-5-3-2-4-6-8-13;/h10H,2-9,12H2,1H3;1H. The van der Waals surface area contributed by atoms with Gasteiger partial charge in [-0.2, -0.15) is 0 Å². The molecular formula is C11H23ClN2O2. The number of hydrogen-bond acceptors (Lipinski definition) is 3. The molecule has 1 saturated heterocycles. The summed E-state index contributed by atoms with van der Waals surface area (Å²) in [5, 5.41) is 0. The van der Waals surface area contributed by atoms with Gasteiger partial charge in [-0.1, -0.05) is 19.3 Å². The zero-order valence-corrected chi connectivity index (χ0v) is 10.8. The molecular weight excluding hydrogens is 228 g/mol. The molecule has 4 nitrogen and oxygen atoms in total. The zero-order chi connectivity index (χ0) is 11.1. The number of nitrogens with two attached hydrogens (primary N) is 1. The molecule has 1 rings (SSSR count). The first-order valence-corrected chi connectivity index (χ1v) is 5.79. The molecule has 0 aromatic heterocycles. The number of carbonyl (C=O) groups is 1. The molecule has 1 unspecified atom stereocenters. The molecule has 0 aromatic rings. The van der Waals surface area contributed by atoms with Crippen LogP contribution in [0, 0.1) is 0 Å². The van der Waals surface area contributed by atoms with Crippen molar-refractivity contribution in [2.75, 3.05) is 26.8 Å². The predicted octanol–water partition coefficient (Wildman–Crippen LogP) is 1.17. The van der Waals surface area contributed by atoms with E-state index in [0.717, 1.165) is 25.9 Å². The summed E-state index contributed by atoms with van der Waals surface area (Å²) in [6.07, 6.45) is 5.95. The van der Waals surface area contributed by atoms with Crippen molar-refractivity contribution in [1.29, 1.82) is 0 Å². The average Bonchev–Trinajstić information content (AvgIpc) is 2.16. The molecule has 1 aliphatic heterocycles. The van der Waals surface area contributed by atoms with Crippen LogP contribution in [0.5, 0.6) is 0 Å². The van der Waals surface area contributed by atoms with Crippen molar-refractivity contribution < 1.29 is 9.53 Å². The van der Waals surface area contributed by atoms with E-state index in [1.54, 1.807) is 7.11 Å². The molecule has 5 heteroatoms. The van der Waals surface area contributed by atoms with Crippen LogP contribution in [-0.4, -0.2) is 43.7 Å². The Labute approximate surface area is 104 Å². The Bertz CT molecular complexity index is 194. The Morgan fingerprint density at radius 2 is 1.75 bits per heavy atom. The summed E-state index contributed by atoms with van der Waals surface area (Å²) in [6.45, 7) is 2.03. The third kappa shape index (κ3) is 5.14. The number of amides is 1. The Kier molecular flexibility index (Phi) is 8.61. The number of methoxy groups -OCH3 is 1. The van der Waals surface area contributed by atoms with Crippen molar-refractivity contribution in [2.45, 2.75) is 38.1 Å². The number of hydrogen-bond donors (Lipinski definition) is 1. The first-order chi connectivity index (χ1) is 7.25. The van der Waals surface area contributed by atoms with E-state index in [9.17, 15) is 4.79 Å². The van der Waals surface area contributed by atoms with E-state index in [1.165, 1.54) is 19.3 Å². The molecule has 0 aromatic carbocycles. The second kappa shape index (κ2) is 8.79. The second-order valence-electron chi connectivity index (χ2n) is 4.15. The van der Waals surface area contributed by atoms with E-state index in [0.29, 0.717) is 6.61 Å². The van der Waals surface area contributed by atoms with Crippen molar-refractivity contribution in [3.05, 3.63) is 0 Å². The van der Waals surface area contributed by atoms with Crippen LogP contribution in [0.2, 0.25) is 0 Å². The number of ether oxygens (including phenoxy) is 1. The molecule has 1 fully saturated rings. The molecule has 96 valence electrons. The Morgan fingerprint density at radius 1 is 1.25 bits per heavy atom. The lowest BCUT2D eigenvalue weighted by Gasteiger charge is -2.27. The monoisotopic (exact) mass is 250 g/mol. The van der Waals surface area contributed by atoms with Crippen LogP contribution in [0.3, 0.4) is 0 Å². The maximum Gasteiger partial charge on any atom is 0.241 e. The third-order valence-corrected chi connectivity index (χ3v) is 2.83. The summed E-state index contributed by atoms with van der Waals surface area (Å²) in [7, 11) is 1.57. The fraction of sp³-hybridized carbons (Fsp3) is 0.909. The first-order valence-electron chi connectivity index (χ1n) is 5.79. The van der Waals surface area contributed by atoms with E-state index in [1.807, 2.05) is 4.90 Å². The van der Waals surface area contributed by atoms with Crippen LogP contribution in [-0.2, 0) is 9.53 Å². The van der Waals surface area contributed by atoms with Crippen molar-refractivity contribution in [3.63, 3.8) is 0 Å². The summed E-state index contributed by atoms with van der Waals surface area (Å²) in [4.78, 5) is 13.8. The zero-order valence-electron chi connectivity index (χ0n) is 9.98. The van der Waals surface area contributed by atoms with Gasteiger partial charge in [0.15, 0.2) is 0 Å². The Morgan fingerprint density at radius 3 is 2.25 bits per heavy atom. The first kappa shape index (κ1) is 15.7. The summed E-state index contributed by atoms with van der Waals surface area (Å²) >= 11 is 0. The molecule has 1 heterocycles. The van der Waals surface area contributed by atoms with Crippen LogP contribution >= 0.6 is 12.4 Å². The highest BCUT2D eigenvalue weighted by molar-refractivity contribution is 5.85. The fourth-order valence-electron chi connectivity index (χ4n) is 1.95. The van der Waals surface area contributed by atoms with Crippen LogP contribution < -0.4 is 5.73 Å². The van der Waals surface area contributed by atoms with Crippen molar-refractivity contribution in [2.24, 2.45) is 5.73 Å². The third-order valence-electron chi connectivity index (χ3n) is 2.83. The van der Waals surface area contributed by atoms with Gasteiger partial charge in [0.05, 0.1) is 6.61 Å². The van der Waals surface area contributed by atoms with Gasteiger partial charge in [-0.3, -0.25) is 4.79 Å². The van der Waals surface area contributed by atoms with Crippen LogP contribution in [0.4, 0.5) is 0 Å². The van der Waals surface area contributed by atoms with E-state index in [4.69, 9.17) is 10.5 Å². The van der Waals surface area contributed by atoms with Gasteiger partial charge in [-0.15, -0.1) is 12.4 Å². The summed E-state index contributed by atoms with van der Waals surface area (Å²) in [6, 6.07) is -0.491. The molecule has 0 saturated carbocycles. The lowest BCUT2D eigenvalue weighted by Crippen LogP contribution is -2.47. The Balaban J connectivity index is 0.00000225. The van der Waals surface area contributed by atoms with E-state index in [2.05, 4.69) is 0 Å². The molecule has 16 heavy (non-hydrogen) atoms. The average molecular weight is 251 g/mol. The van der Waals surface area contributed by atoms with E-state index < -0.39 is 6.04 Å². The number of halogens is 1. The van der Waals surface area contributed by atoms with Gasteiger partial charge in [-0.25, -0.2) is 0 Å².